The first kappa shape index (κ1) is 48.9. The number of benzene rings is 6. The van der Waals surface area contributed by atoms with E-state index in [2.05, 4.69) is 0 Å². The molecule has 0 saturated carbocycles. The van der Waals surface area contributed by atoms with Crippen LogP contribution in [0.15, 0.2) is 103 Å². The van der Waals surface area contributed by atoms with E-state index in [1.54, 1.807) is 50.2 Å². The maximum absolute atomic E-state index is 12.5. The first-order valence-electron chi connectivity index (χ1n) is 15.8. The van der Waals surface area contributed by atoms with E-state index in [0.29, 0.717) is 16.1 Å². The maximum atomic E-state index is 12.5. The molecule has 0 atom stereocenters. The molecule has 0 nitrogen and oxygen atoms in total. The Morgan fingerprint density at radius 2 is 0.818 bits per heavy atom. The van der Waals surface area contributed by atoms with Crippen LogP contribution in [0.4, 0.5) is 39.5 Å². The zero-order chi connectivity index (χ0) is 42.0. The Hall–Kier alpha value is -4.15. The Labute approximate surface area is 335 Å². The molecule has 0 unspecified atom stereocenters. The van der Waals surface area contributed by atoms with Gasteiger partial charge in [-0.1, -0.05) is 82.3 Å². The van der Waals surface area contributed by atoms with Crippen molar-refractivity contribution in [1.82, 2.24) is 0 Å². The van der Waals surface area contributed by atoms with Gasteiger partial charge < -0.3 is 0 Å². The minimum absolute atomic E-state index is 0.123. The first-order valence-corrected chi connectivity index (χ1v) is 17.3. The van der Waals surface area contributed by atoms with Crippen LogP contribution in [0.5, 0.6) is 0 Å². The normalized spacial score (nSPS) is 9.73. The van der Waals surface area contributed by atoms with Gasteiger partial charge in [0.1, 0.15) is 52.4 Å². The molecule has 0 aliphatic heterocycles. The topological polar surface area (TPSA) is 0 Å². The van der Waals surface area contributed by atoms with E-state index in [0.717, 1.165) is 41.5 Å². The van der Waals surface area contributed by atoms with Crippen molar-refractivity contribution in [2.45, 2.75) is 41.5 Å². The molecule has 0 aliphatic carbocycles. The number of hydrogen-bond acceptors (Lipinski definition) is 0. The monoisotopic (exact) mass is 850 g/mol. The Bertz CT molecular complexity index is 1980. The molecule has 0 spiro atoms. The van der Waals surface area contributed by atoms with Crippen molar-refractivity contribution in [2.75, 3.05) is 0 Å². The predicted molar refractivity (Wildman–Crippen MR) is 207 cm³/mol. The summed E-state index contributed by atoms with van der Waals surface area (Å²) in [4.78, 5) is 0. The molecule has 294 valence electrons. The second-order valence-electron chi connectivity index (χ2n) is 11.4. The Morgan fingerprint density at radius 1 is 0.327 bits per heavy atom. The van der Waals surface area contributed by atoms with Gasteiger partial charge in [-0.05, 0) is 113 Å². The van der Waals surface area contributed by atoms with E-state index in [1.165, 1.54) is 50.2 Å². The highest BCUT2D eigenvalue weighted by atomic mass is 35.5. The van der Waals surface area contributed by atoms with Crippen LogP contribution < -0.4 is 0 Å². The lowest BCUT2D eigenvalue weighted by Gasteiger charge is -1.98. The third-order valence-corrected chi connectivity index (χ3v) is 8.50. The van der Waals surface area contributed by atoms with E-state index in [1.807, 2.05) is 13.8 Å². The molecule has 0 heterocycles. The van der Waals surface area contributed by atoms with Crippen LogP contribution >= 0.6 is 46.4 Å². The van der Waals surface area contributed by atoms with Crippen LogP contribution in [-0.2, 0) is 0 Å². The highest BCUT2D eigenvalue weighted by Crippen LogP contribution is 2.21. The Balaban J connectivity index is 0.000000330. The third kappa shape index (κ3) is 18.4. The van der Waals surface area contributed by atoms with Crippen LogP contribution in [0.1, 0.15) is 33.4 Å². The lowest BCUT2D eigenvalue weighted by atomic mass is 10.2. The van der Waals surface area contributed by atoms with Gasteiger partial charge in [-0.2, -0.15) is 0 Å². The van der Waals surface area contributed by atoms with Gasteiger partial charge in [0.15, 0.2) is 0 Å². The van der Waals surface area contributed by atoms with Gasteiger partial charge in [0.05, 0.1) is 10.0 Å². The van der Waals surface area contributed by atoms with Crippen molar-refractivity contribution in [3.05, 3.63) is 209 Å². The van der Waals surface area contributed by atoms with Crippen molar-refractivity contribution in [3.8, 4) is 0 Å². The largest absolute Gasteiger partial charge is 0.207 e. The van der Waals surface area contributed by atoms with Gasteiger partial charge in [-0.15, -0.1) is 0 Å². The van der Waals surface area contributed by atoms with Crippen molar-refractivity contribution in [2.24, 2.45) is 0 Å². The van der Waals surface area contributed by atoms with Crippen LogP contribution in [0.2, 0.25) is 20.1 Å². The molecule has 0 saturated heterocycles. The first-order chi connectivity index (χ1) is 25.6. The maximum Gasteiger partial charge on any atom is 0.142 e. The summed E-state index contributed by atoms with van der Waals surface area (Å²) in [6.07, 6.45) is 0. The Kier molecular flexibility index (Phi) is 21.7. The van der Waals surface area contributed by atoms with Crippen molar-refractivity contribution >= 4 is 46.4 Å². The van der Waals surface area contributed by atoms with Gasteiger partial charge in [0.2, 0.25) is 0 Å². The van der Waals surface area contributed by atoms with Gasteiger partial charge in [-0.3, -0.25) is 0 Å². The standard InChI is InChI=1S/2C7H5ClF2.2C7H6ClF.C7H6F2.C7H7F/c1-4-6(8)2-5(9)3-7(4)10;1-4-5(9)2-3-6(10)7(4)8;1-5-2-3-7(9)6(8)4-5;1-5-6(8)3-2-4-7(5)9;1-5-2-3-6(8)4-7(5)9;1-6-2-4-7(8)5-3-6/h2*2-3H,1H3;3*2-4H,1H3;2-5H,1H3. The summed E-state index contributed by atoms with van der Waals surface area (Å²) in [5.41, 5.74) is 3.48. The van der Waals surface area contributed by atoms with E-state index in [4.69, 9.17) is 46.4 Å². The SMILES string of the molecule is Cc1c(F)cc(F)cc1Cl.Cc1c(F)ccc(F)c1Cl.Cc1c(F)cccc1Cl.Cc1ccc(F)c(Cl)c1.Cc1ccc(F)cc1.Cc1ccc(F)cc1F. The summed E-state index contributed by atoms with van der Waals surface area (Å²) in [5, 5.41) is 0.655. The highest BCUT2D eigenvalue weighted by Gasteiger charge is 2.06. The minimum Gasteiger partial charge on any atom is -0.207 e. The van der Waals surface area contributed by atoms with Crippen LogP contribution in [0, 0.1) is 93.9 Å². The molecule has 0 amide bonds. The minimum atomic E-state index is -0.645. The lowest BCUT2D eigenvalue weighted by molar-refractivity contribution is 0.577. The smallest absolute Gasteiger partial charge is 0.142 e. The molecule has 6 aromatic rings. The summed E-state index contributed by atoms with van der Waals surface area (Å²) in [6.45, 7) is 9.97. The lowest BCUT2D eigenvalue weighted by Crippen LogP contribution is -1.86. The van der Waals surface area contributed by atoms with Gasteiger partial charge in [0, 0.05) is 38.9 Å². The molecular formula is C42H35Cl4F9. The number of hydrogen-bond donors (Lipinski definition) is 0. The van der Waals surface area contributed by atoms with E-state index >= 15 is 0 Å². The second kappa shape index (κ2) is 24.4. The fourth-order valence-electron chi connectivity index (χ4n) is 3.53. The van der Waals surface area contributed by atoms with Crippen molar-refractivity contribution < 1.29 is 39.5 Å². The average molecular weight is 853 g/mol. The predicted octanol–water partition coefficient (Wildman–Crippen LogP) is 15.8. The number of halogens is 13. The van der Waals surface area contributed by atoms with E-state index in [-0.39, 0.29) is 43.6 Å². The van der Waals surface area contributed by atoms with Crippen LogP contribution in [-0.4, -0.2) is 0 Å². The van der Waals surface area contributed by atoms with Crippen LogP contribution in [0.25, 0.3) is 0 Å². The molecule has 0 radical (unpaired) electrons. The van der Waals surface area contributed by atoms with E-state index < -0.39 is 34.9 Å². The summed E-state index contributed by atoms with van der Waals surface area (Å²) in [5.74, 6) is -4.11. The molecule has 13 heteroatoms. The van der Waals surface area contributed by atoms with Crippen LogP contribution in [0.3, 0.4) is 0 Å². The molecular weight excluding hydrogens is 817 g/mol. The van der Waals surface area contributed by atoms with E-state index in [9.17, 15) is 39.5 Å². The third-order valence-electron chi connectivity index (χ3n) is 6.94. The summed E-state index contributed by atoms with van der Waals surface area (Å²) in [6, 6.07) is 23.1. The number of aryl methyl sites for hydroxylation is 3. The molecule has 6 aromatic carbocycles. The molecule has 0 N–H and O–H groups in total. The molecule has 0 aliphatic rings. The highest BCUT2D eigenvalue weighted by molar-refractivity contribution is 6.32. The van der Waals surface area contributed by atoms with Gasteiger partial charge in [0.25, 0.3) is 0 Å². The molecule has 55 heavy (non-hydrogen) atoms. The zero-order valence-corrected chi connectivity index (χ0v) is 33.3. The number of rotatable bonds is 0. The average Bonchev–Trinajstić information content (AvgIpc) is 3.13. The molecule has 0 bridgehead atoms. The van der Waals surface area contributed by atoms with Gasteiger partial charge in [-0.25, -0.2) is 39.5 Å². The summed E-state index contributed by atoms with van der Waals surface area (Å²) < 4.78 is 111. The molecule has 0 aromatic heterocycles. The summed E-state index contributed by atoms with van der Waals surface area (Å²) in [7, 11) is 0. The fourth-order valence-corrected chi connectivity index (χ4v) is 4.27. The Morgan fingerprint density at radius 3 is 1.27 bits per heavy atom. The molecule has 0 fully saturated rings. The second-order valence-corrected chi connectivity index (χ2v) is 13.0. The zero-order valence-electron chi connectivity index (χ0n) is 30.2. The van der Waals surface area contributed by atoms with Gasteiger partial charge >= 0.3 is 0 Å². The summed E-state index contributed by atoms with van der Waals surface area (Å²) >= 11 is 21.8. The fraction of sp³-hybridized carbons (Fsp3) is 0.143. The molecule has 6 rings (SSSR count). The van der Waals surface area contributed by atoms with Crippen molar-refractivity contribution in [1.29, 1.82) is 0 Å². The van der Waals surface area contributed by atoms with Crippen molar-refractivity contribution in [3.63, 3.8) is 0 Å². The quantitative estimate of drug-likeness (QED) is 0.105.